The van der Waals surface area contributed by atoms with Crippen molar-refractivity contribution in [2.24, 2.45) is 0 Å². The number of para-hydroxylation sites is 4. The summed E-state index contributed by atoms with van der Waals surface area (Å²) in [6.07, 6.45) is 2.04. The summed E-state index contributed by atoms with van der Waals surface area (Å²) in [6, 6.07) is 42.5. The van der Waals surface area contributed by atoms with Gasteiger partial charge in [-0.25, -0.2) is 4.98 Å². The number of benzene rings is 5. The molecule has 5 aromatic carbocycles. The van der Waals surface area contributed by atoms with E-state index in [-0.39, 0.29) is 0 Å². The number of fused-ring (bicyclic) bond motifs is 10. The third kappa shape index (κ3) is 2.75. The van der Waals surface area contributed by atoms with Crippen molar-refractivity contribution < 1.29 is 4.42 Å². The van der Waals surface area contributed by atoms with Gasteiger partial charge in [-0.15, -0.1) is 0 Å². The summed E-state index contributed by atoms with van der Waals surface area (Å²) < 4.78 is 10.9. The van der Waals surface area contributed by atoms with Crippen molar-refractivity contribution in [3.63, 3.8) is 0 Å². The minimum absolute atomic E-state index is 0.874. The first kappa shape index (κ1) is 20.7. The summed E-state index contributed by atoms with van der Waals surface area (Å²) in [6.45, 7) is 0. The fourth-order valence-electron chi connectivity index (χ4n) is 6.31. The smallest absolute Gasteiger partial charge is 0.147 e. The van der Waals surface area contributed by atoms with E-state index in [2.05, 4.69) is 118 Å². The molecule has 0 aliphatic heterocycles. The Balaban J connectivity index is 1.45. The second-order valence-corrected chi connectivity index (χ2v) is 10.0. The molecule has 0 bridgehead atoms. The van der Waals surface area contributed by atoms with E-state index in [1.54, 1.807) is 0 Å². The Hall–Kier alpha value is -5.35. The standard InChI is InChI=1S/C35H21N3O/c1-2-10-22(11-3-1)37-29-15-7-4-12-24(29)28-21-36-35-33(34(28)37)27-14-5-8-16-30(27)38(35)23-18-19-26-25-13-6-9-17-31(25)39-32(26)20-23/h1-21H. The van der Waals surface area contributed by atoms with Crippen LogP contribution in [0.4, 0.5) is 0 Å². The lowest BCUT2D eigenvalue weighted by atomic mass is 10.1. The van der Waals surface area contributed by atoms with Crippen molar-refractivity contribution >= 4 is 65.7 Å². The van der Waals surface area contributed by atoms with Gasteiger partial charge in [0, 0.05) is 44.9 Å². The van der Waals surface area contributed by atoms with Crippen LogP contribution in [-0.4, -0.2) is 14.1 Å². The minimum atomic E-state index is 0.874. The van der Waals surface area contributed by atoms with Crippen molar-refractivity contribution in [2.75, 3.05) is 0 Å². The van der Waals surface area contributed by atoms with Crippen LogP contribution in [0.5, 0.6) is 0 Å². The Morgan fingerprint density at radius 1 is 0.487 bits per heavy atom. The molecular formula is C35H21N3O. The van der Waals surface area contributed by atoms with E-state index >= 15 is 0 Å². The maximum atomic E-state index is 6.26. The van der Waals surface area contributed by atoms with Crippen molar-refractivity contribution in [1.82, 2.24) is 14.1 Å². The number of rotatable bonds is 2. The fraction of sp³-hybridized carbons (Fsp3) is 0. The topological polar surface area (TPSA) is 35.9 Å². The SMILES string of the molecule is c1ccc(-n2c3ccccc3c3cnc4c(c5ccccc5n4-c4ccc5c(c4)oc4ccccc45)c32)cc1. The molecule has 0 aliphatic carbocycles. The van der Waals surface area contributed by atoms with Gasteiger partial charge in [-0.1, -0.05) is 72.8 Å². The van der Waals surface area contributed by atoms with Crippen molar-refractivity contribution in [3.05, 3.63) is 128 Å². The molecule has 0 N–H and O–H groups in total. The van der Waals surface area contributed by atoms with Gasteiger partial charge in [0.25, 0.3) is 0 Å². The van der Waals surface area contributed by atoms with Gasteiger partial charge >= 0.3 is 0 Å². The van der Waals surface area contributed by atoms with E-state index in [9.17, 15) is 0 Å². The van der Waals surface area contributed by atoms with Crippen LogP contribution in [0.2, 0.25) is 0 Å². The van der Waals surface area contributed by atoms with E-state index in [0.29, 0.717) is 0 Å². The predicted octanol–water partition coefficient (Wildman–Crippen LogP) is 9.18. The summed E-state index contributed by atoms with van der Waals surface area (Å²) in [7, 11) is 0. The molecule has 0 spiro atoms. The van der Waals surface area contributed by atoms with Gasteiger partial charge in [0.05, 0.1) is 27.6 Å². The van der Waals surface area contributed by atoms with Crippen molar-refractivity contribution in [2.45, 2.75) is 0 Å². The van der Waals surface area contributed by atoms with Gasteiger partial charge in [-0.05, 0) is 42.5 Å². The number of hydrogen-bond acceptors (Lipinski definition) is 2. The maximum Gasteiger partial charge on any atom is 0.147 e. The molecule has 4 nitrogen and oxygen atoms in total. The van der Waals surface area contributed by atoms with Crippen molar-refractivity contribution in [1.29, 1.82) is 0 Å². The van der Waals surface area contributed by atoms with Gasteiger partial charge in [0.1, 0.15) is 16.8 Å². The van der Waals surface area contributed by atoms with E-state index in [1.807, 2.05) is 18.3 Å². The summed E-state index contributed by atoms with van der Waals surface area (Å²) in [5.74, 6) is 0. The molecule has 0 aliphatic rings. The summed E-state index contributed by atoms with van der Waals surface area (Å²) in [5, 5.41) is 6.93. The lowest BCUT2D eigenvalue weighted by molar-refractivity contribution is 0.668. The monoisotopic (exact) mass is 499 g/mol. The molecule has 0 saturated heterocycles. The van der Waals surface area contributed by atoms with Gasteiger partial charge in [0.2, 0.25) is 0 Å². The van der Waals surface area contributed by atoms with Gasteiger partial charge in [-0.2, -0.15) is 0 Å². The third-order valence-electron chi connectivity index (χ3n) is 7.95. The molecule has 0 saturated carbocycles. The van der Waals surface area contributed by atoms with Crippen LogP contribution in [-0.2, 0) is 0 Å². The number of hydrogen-bond donors (Lipinski definition) is 0. The number of aromatic nitrogens is 3. The normalized spacial score (nSPS) is 12.1. The predicted molar refractivity (Wildman–Crippen MR) is 160 cm³/mol. The minimum Gasteiger partial charge on any atom is -0.456 e. The molecule has 4 heterocycles. The first-order valence-electron chi connectivity index (χ1n) is 13.2. The molecule has 0 unspecified atom stereocenters. The van der Waals surface area contributed by atoms with Crippen LogP contribution in [0.3, 0.4) is 0 Å². The molecule has 4 heteroatoms. The van der Waals surface area contributed by atoms with E-state index < -0.39 is 0 Å². The van der Waals surface area contributed by atoms with E-state index in [0.717, 1.165) is 55.2 Å². The second kappa shape index (κ2) is 7.59. The highest BCUT2D eigenvalue weighted by Crippen LogP contribution is 2.41. The molecule has 0 amide bonds. The molecule has 0 fully saturated rings. The summed E-state index contributed by atoms with van der Waals surface area (Å²) >= 11 is 0. The zero-order valence-electron chi connectivity index (χ0n) is 20.9. The third-order valence-corrected chi connectivity index (χ3v) is 7.95. The van der Waals surface area contributed by atoms with Crippen LogP contribution in [0.15, 0.2) is 132 Å². The highest BCUT2D eigenvalue weighted by Gasteiger charge is 2.22. The Morgan fingerprint density at radius 3 is 2.00 bits per heavy atom. The Labute approximate surface area is 222 Å². The van der Waals surface area contributed by atoms with E-state index in [1.165, 1.54) is 21.8 Å². The first-order valence-corrected chi connectivity index (χ1v) is 13.2. The maximum absolute atomic E-state index is 6.26. The highest BCUT2D eigenvalue weighted by atomic mass is 16.3. The first-order chi connectivity index (χ1) is 19.4. The lowest BCUT2D eigenvalue weighted by Crippen LogP contribution is -1.96. The van der Waals surface area contributed by atoms with Crippen LogP contribution < -0.4 is 0 Å². The van der Waals surface area contributed by atoms with Crippen LogP contribution in [0.25, 0.3) is 77.1 Å². The van der Waals surface area contributed by atoms with Gasteiger partial charge < -0.3 is 8.98 Å². The van der Waals surface area contributed by atoms with Gasteiger partial charge in [0.15, 0.2) is 0 Å². The van der Waals surface area contributed by atoms with Crippen molar-refractivity contribution in [3.8, 4) is 11.4 Å². The second-order valence-electron chi connectivity index (χ2n) is 10.0. The zero-order chi connectivity index (χ0) is 25.5. The Kier molecular flexibility index (Phi) is 4.02. The molecule has 4 aromatic heterocycles. The largest absolute Gasteiger partial charge is 0.456 e. The molecule has 9 rings (SSSR count). The van der Waals surface area contributed by atoms with Crippen LogP contribution in [0.1, 0.15) is 0 Å². The molecule has 0 atom stereocenters. The number of pyridine rings is 1. The Bertz CT molecular complexity index is 2390. The van der Waals surface area contributed by atoms with Crippen LogP contribution in [0, 0.1) is 0 Å². The summed E-state index contributed by atoms with van der Waals surface area (Å²) in [4.78, 5) is 5.12. The van der Waals surface area contributed by atoms with E-state index in [4.69, 9.17) is 9.40 Å². The molecule has 182 valence electrons. The summed E-state index contributed by atoms with van der Waals surface area (Å²) in [5.41, 5.74) is 8.34. The average molecular weight is 500 g/mol. The fourth-order valence-corrected chi connectivity index (χ4v) is 6.31. The number of nitrogens with zero attached hydrogens (tertiary/aromatic N) is 3. The Morgan fingerprint density at radius 2 is 1.15 bits per heavy atom. The molecule has 9 aromatic rings. The lowest BCUT2D eigenvalue weighted by Gasteiger charge is -2.09. The zero-order valence-corrected chi connectivity index (χ0v) is 20.9. The quantitative estimate of drug-likeness (QED) is 0.238. The molecular weight excluding hydrogens is 478 g/mol. The average Bonchev–Trinajstić information content (AvgIpc) is 3.64. The number of furan rings is 1. The van der Waals surface area contributed by atoms with Gasteiger partial charge in [-0.3, -0.25) is 4.57 Å². The molecule has 39 heavy (non-hydrogen) atoms. The molecule has 0 radical (unpaired) electrons. The van der Waals surface area contributed by atoms with Crippen LogP contribution >= 0.6 is 0 Å². The highest BCUT2D eigenvalue weighted by molar-refractivity contribution is 6.25.